The van der Waals surface area contributed by atoms with Gasteiger partial charge in [0.15, 0.2) is 11.5 Å². The SMILES string of the molecule is COc1cc2nc3nc(Nc4ccc(C(C)(C)C)cc4)[nH]n3c2cc1OC. The Kier molecular flexibility index (Phi) is 3.95. The second kappa shape index (κ2) is 6.19. The summed E-state index contributed by atoms with van der Waals surface area (Å²) in [5.41, 5.74) is 4.03. The minimum Gasteiger partial charge on any atom is -0.493 e. The average Bonchev–Trinajstić information content (AvgIpc) is 3.17. The number of anilines is 2. The van der Waals surface area contributed by atoms with Crippen LogP contribution in [0.3, 0.4) is 0 Å². The minimum atomic E-state index is 0.128. The van der Waals surface area contributed by atoms with E-state index in [0.717, 1.165) is 16.7 Å². The van der Waals surface area contributed by atoms with Crippen molar-refractivity contribution < 1.29 is 9.47 Å². The summed E-state index contributed by atoms with van der Waals surface area (Å²) in [5, 5.41) is 6.53. The monoisotopic (exact) mass is 365 g/mol. The van der Waals surface area contributed by atoms with E-state index < -0.39 is 0 Å². The van der Waals surface area contributed by atoms with Gasteiger partial charge in [0.25, 0.3) is 5.78 Å². The summed E-state index contributed by atoms with van der Waals surface area (Å²) >= 11 is 0. The third-order valence-corrected chi connectivity index (χ3v) is 4.59. The van der Waals surface area contributed by atoms with Gasteiger partial charge < -0.3 is 14.8 Å². The summed E-state index contributed by atoms with van der Waals surface area (Å²) in [6.45, 7) is 6.60. The summed E-state index contributed by atoms with van der Waals surface area (Å²) in [7, 11) is 3.22. The lowest BCUT2D eigenvalue weighted by Gasteiger charge is -2.19. The molecule has 0 aliphatic heterocycles. The second-order valence-electron chi connectivity index (χ2n) is 7.47. The van der Waals surface area contributed by atoms with Crippen LogP contribution in [0.1, 0.15) is 26.3 Å². The van der Waals surface area contributed by atoms with Crippen molar-refractivity contribution in [3.05, 3.63) is 42.0 Å². The van der Waals surface area contributed by atoms with E-state index >= 15 is 0 Å². The fourth-order valence-electron chi connectivity index (χ4n) is 3.05. The lowest BCUT2D eigenvalue weighted by Crippen LogP contribution is -2.10. The maximum Gasteiger partial charge on any atom is 0.253 e. The maximum atomic E-state index is 5.39. The summed E-state index contributed by atoms with van der Waals surface area (Å²) in [6, 6.07) is 12.1. The Morgan fingerprint density at radius 1 is 0.963 bits per heavy atom. The van der Waals surface area contributed by atoms with Gasteiger partial charge in [-0.3, -0.25) is 5.10 Å². The molecule has 0 amide bonds. The Hall–Kier alpha value is -3.22. The van der Waals surface area contributed by atoms with Gasteiger partial charge in [-0.25, -0.2) is 9.50 Å². The van der Waals surface area contributed by atoms with Crippen LogP contribution in [-0.2, 0) is 5.41 Å². The van der Waals surface area contributed by atoms with Crippen LogP contribution in [0.4, 0.5) is 11.6 Å². The number of nitrogens with zero attached hydrogens (tertiary/aromatic N) is 3. The Morgan fingerprint density at radius 3 is 2.26 bits per heavy atom. The van der Waals surface area contributed by atoms with Gasteiger partial charge in [0, 0.05) is 17.8 Å². The molecule has 0 fully saturated rings. The lowest BCUT2D eigenvalue weighted by molar-refractivity contribution is 0.355. The quantitative estimate of drug-likeness (QED) is 0.565. The molecule has 7 nitrogen and oxygen atoms in total. The standard InChI is InChI=1S/C20H23N5O2/c1-20(2,3)12-6-8-13(9-7-12)21-18-23-19-22-14-10-16(26-4)17(27-5)11-15(14)25(19)24-18/h6-11H,1-5H3,(H2,21,22,23,24). The smallest absolute Gasteiger partial charge is 0.253 e. The molecule has 0 bridgehead atoms. The number of H-pyrrole nitrogens is 1. The Labute approximate surface area is 157 Å². The van der Waals surface area contributed by atoms with Gasteiger partial charge in [-0.2, -0.15) is 4.98 Å². The summed E-state index contributed by atoms with van der Waals surface area (Å²) in [4.78, 5) is 9.08. The number of rotatable bonds is 4. The van der Waals surface area contributed by atoms with E-state index in [1.807, 2.05) is 16.6 Å². The van der Waals surface area contributed by atoms with Gasteiger partial charge in [-0.05, 0) is 23.1 Å². The fourth-order valence-corrected chi connectivity index (χ4v) is 3.05. The highest BCUT2D eigenvalue weighted by atomic mass is 16.5. The number of methoxy groups -OCH3 is 2. The van der Waals surface area contributed by atoms with E-state index in [0.29, 0.717) is 23.2 Å². The number of benzene rings is 2. The molecule has 2 heterocycles. The van der Waals surface area contributed by atoms with E-state index in [4.69, 9.17) is 9.47 Å². The molecule has 2 N–H and O–H groups in total. The molecular formula is C20H23N5O2. The molecule has 2 aromatic heterocycles. The van der Waals surface area contributed by atoms with Gasteiger partial charge in [-0.1, -0.05) is 32.9 Å². The molecule has 7 heteroatoms. The van der Waals surface area contributed by atoms with E-state index in [2.05, 4.69) is 65.4 Å². The predicted molar refractivity (Wildman–Crippen MR) is 106 cm³/mol. The first kappa shape index (κ1) is 17.2. The highest BCUT2D eigenvalue weighted by Gasteiger charge is 2.15. The predicted octanol–water partition coefficient (Wildman–Crippen LogP) is 4.27. The third-order valence-electron chi connectivity index (χ3n) is 4.59. The zero-order valence-corrected chi connectivity index (χ0v) is 16.1. The molecule has 0 radical (unpaired) electrons. The number of aromatic nitrogens is 4. The van der Waals surface area contributed by atoms with Crippen LogP contribution >= 0.6 is 0 Å². The summed E-state index contributed by atoms with van der Waals surface area (Å²) < 4.78 is 12.5. The molecule has 140 valence electrons. The number of aromatic amines is 1. The molecule has 0 saturated heterocycles. The van der Waals surface area contributed by atoms with Gasteiger partial charge in [0.2, 0.25) is 5.95 Å². The minimum absolute atomic E-state index is 0.128. The van der Waals surface area contributed by atoms with Crippen molar-refractivity contribution in [2.24, 2.45) is 0 Å². The number of hydrogen-bond donors (Lipinski definition) is 2. The number of imidazole rings is 1. The van der Waals surface area contributed by atoms with E-state index in [-0.39, 0.29) is 5.41 Å². The Morgan fingerprint density at radius 2 is 1.63 bits per heavy atom. The topological polar surface area (TPSA) is 76.5 Å². The van der Waals surface area contributed by atoms with Crippen LogP contribution in [0.5, 0.6) is 11.5 Å². The number of ether oxygens (including phenoxy) is 2. The zero-order chi connectivity index (χ0) is 19.2. The number of fused-ring (bicyclic) bond motifs is 3. The molecule has 4 rings (SSSR count). The molecule has 2 aromatic carbocycles. The molecule has 0 aliphatic rings. The van der Waals surface area contributed by atoms with Crippen LogP contribution in [0.25, 0.3) is 16.8 Å². The van der Waals surface area contributed by atoms with E-state index in [1.165, 1.54) is 5.56 Å². The van der Waals surface area contributed by atoms with Crippen molar-refractivity contribution >= 4 is 28.4 Å². The van der Waals surface area contributed by atoms with Crippen LogP contribution < -0.4 is 14.8 Å². The molecule has 0 unspecified atom stereocenters. The molecule has 27 heavy (non-hydrogen) atoms. The van der Waals surface area contributed by atoms with Gasteiger partial charge in [0.05, 0.1) is 25.3 Å². The molecule has 0 spiro atoms. The van der Waals surface area contributed by atoms with Crippen LogP contribution in [-0.4, -0.2) is 33.8 Å². The zero-order valence-electron chi connectivity index (χ0n) is 16.1. The van der Waals surface area contributed by atoms with Crippen molar-refractivity contribution in [1.82, 2.24) is 19.6 Å². The van der Waals surface area contributed by atoms with E-state index in [1.54, 1.807) is 14.2 Å². The van der Waals surface area contributed by atoms with Crippen molar-refractivity contribution in [2.75, 3.05) is 19.5 Å². The maximum absolute atomic E-state index is 5.39. The summed E-state index contributed by atoms with van der Waals surface area (Å²) in [6.07, 6.45) is 0. The molecule has 0 aliphatic carbocycles. The largest absolute Gasteiger partial charge is 0.493 e. The Balaban J connectivity index is 1.67. The van der Waals surface area contributed by atoms with Crippen LogP contribution in [0.2, 0.25) is 0 Å². The van der Waals surface area contributed by atoms with Gasteiger partial charge in [-0.15, -0.1) is 0 Å². The second-order valence-corrected chi connectivity index (χ2v) is 7.47. The van der Waals surface area contributed by atoms with Crippen molar-refractivity contribution in [3.63, 3.8) is 0 Å². The molecule has 4 aromatic rings. The van der Waals surface area contributed by atoms with Crippen LogP contribution in [0.15, 0.2) is 36.4 Å². The molecule has 0 saturated carbocycles. The van der Waals surface area contributed by atoms with Crippen molar-refractivity contribution in [3.8, 4) is 11.5 Å². The average molecular weight is 365 g/mol. The van der Waals surface area contributed by atoms with Crippen molar-refractivity contribution in [1.29, 1.82) is 0 Å². The van der Waals surface area contributed by atoms with Crippen molar-refractivity contribution in [2.45, 2.75) is 26.2 Å². The Bertz CT molecular complexity index is 1100. The number of hydrogen-bond acceptors (Lipinski definition) is 5. The van der Waals surface area contributed by atoms with E-state index in [9.17, 15) is 0 Å². The van der Waals surface area contributed by atoms with Crippen LogP contribution in [0, 0.1) is 0 Å². The highest BCUT2D eigenvalue weighted by Crippen LogP contribution is 2.32. The lowest BCUT2D eigenvalue weighted by atomic mass is 9.87. The highest BCUT2D eigenvalue weighted by molar-refractivity contribution is 5.83. The number of nitrogens with one attached hydrogen (secondary N) is 2. The van der Waals surface area contributed by atoms with Gasteiger partial charge >= 0.3 is 0 Å². The first-order valence-corrected chi connectivity index (χ1v) is 8.77. The first-order valence-electron chi connectivity index (χ1n) is 8.77. The molecule has 0 atom stereocenters. The summed E-state index contributed by atoms with van der Waals surface area (Å²) in [5.74, 6) is 2.49. The van der Waals surface area contributed by atoms with Gasteiger partial charge in [0.1, 0.15) is 0 Å². The molecular weight excluding hydrogens is 342 g/mol. The normalized spacial score (nSPS) is 11.9. The fraction of sp³-hybridized carbons (Fsp3) is 0.300. The third kappa shape index (κ3) is 3.05. The first-order chi connectivity index (χ1) is 12.9.